The summed E-state index contributed by atoms with van der Waals surface area (Å²) in [5.41, 5.74) is -1.10. The molecule has 3 atom stereocenters. The molecule has 0 aromatic carbocycles. The SMILES string of the molecule is CC(OP)C1(CCCOS(C)(=O)=O)CCCN1C(=O)OC(C)(C)C.[W]. The molecule has 1 aliphatic heterocycles. The Morgan fingerprint density at radius 2 is 1.96 bits per heavy atom. The molecule has 0 radical (unpaired) electrons. The first-order valence-corrected chi connectivity index (χ1v) is 10.4. The summed E-state index contributed by atoms with van der Waals surface area (Å²) in [5.74, 6) is 0. The molecule has 0 aliphatic carbocycles. The summed E-state index contributed by atoms with van der Waals surface area (Å²) in [6.45, 7) is 8.09. The molecule has 10 heteroatoms. The Kier molecular flexibility index (Phi) is 10.1. The molecule has 25 heavy (non-hydrogen) atoms. The van der Waals surface area contributed by atoms with Gasteiger partial charge in [0.05, 0.1) is 24.5 Å². The number of hydrogen-bond donors (Lipinski definition) is 0. The van der Waals surface area contributed by atoms with E-state index in [0.717, 1.165) is 19.1 Å². The van der Waals surface area contributed by atoms with Gasteiger partial charge in [0.1, 0.15) is 5.60 Å². The van der Waals surface area contributed by atoms with E-state index in [1.165, 1.54) is 0 Å². The van der Waals surface area contributed by atoms with Gasteiger partial charge in [-0.2, -0.15) is 8.42 Å². The van der Waals surface area contributed by atoms with Crippen LogP contribution in [0.1, 0.15) is 53.4 Å². The van der Waals surface area contributed by atoms with E-state index in [0.29, 0.717) is 19.4 Å². The maximum absolute atomic E-state index is 12.6. The first kappa shape index (κ1) is 25.3. The molecule has 0 aromatic rings. The smallest absolute Gasteiger partial charge is 0.410 e. The molecule has 0 N–H and O–H groups in total. The van der Waals surface area contributed by atoms with Crippen molar-refractivity contribution in [1.29, 1.82) is 0 Å². The minimum absolute atomic E-state index is 0. The number of ether oxygens (including phenoxy) is 1. The summed E-state index contributed by atoms with van der Waals surface area (Å²) in [7, 11) is -1.21. The molecule has 7 nitrogen and oxygen atoms in total. The number of rotatable bonds is 7. The van der Waals surface area contributed by atoms with Gasteiger partial charge in [-0.25, -0.2) is 4.79 Å². The Labute approximate surface area is 168 Å². The average Bonchev–Trinajstić information content (AvgIpc) is 2.85. The van der Waals surface area contributed by atoms with Gasteiger partial charge >= 0.3 is 6.09 Å². The number of likely N-dealkylation sites (tertiary alicyclic amines) is 1. The molecule has 1 aliphatic rings. The molecule has 1 rings (SSSR count). The third-order valence-corrected chi connectivity index (χ3v) is 5.16. The van der Waals surface area contributed by atoms with E-state index in [-0.39, 0.29) is 39.9 Å². The van der Waals surface area contributed by atoms with Crippen molar-refractivity contribution in [2.75, 3.05) is 19.4 Å². The standard InChI is InChI=1S/C15H30NO6PS.W/c1-12(22-23)15(9-7-11-20-24(5,18)19)8-6-10-16(15)13(17)21-14(2,3)4;/h12H,6-11,23H2,1-5H3;. The molecule has 1 amide bonds. The molecule has 1 saturated heterocycles. The first-order chi connectivity index (χ1) is 10.9. The van der Waals surface area contributed by atoms with Gasteiger partial charge in [-0.15, -0.1) is 0 Å². The number of nitrogens with zero attached hydrogens (tertiary/aromatic N) is 1. The van der Waals surface area contributed by atoms with E-state index in [9.17, 15) is 13.2 Å². The van der Waals surface area contributed by atoms with Gasteiger partial charge in [-0.05, 0) is 53.4 Å². The summed E-state index contributed by atoms with van der Waals surface area (Å²) < 4.78 is 38.0. The molecule has 0 aromatic heterocycles. The van der Waals surface area contributed by atoms with Crippen LogP contribution in [0.2, 0.25) is 0 Å². The van der Waals surface area contributed by atoms with Crippen LogP contribution in [0, 0.1) is 0 Å². The first-order valence-electron chi connectivity index (χ1n) is 8.12. The zero-order valence-electron chi connectivity index (χ0n) is 15.6. The van der Waals surface area contributed by atoms with Gasteiger partial charge in [-0.1, -0.05) is 0 Å². The van der Waals surface area contributed by atoms with Crippen molar-refractivity contribution in [3.8, 4) is 0 Å². The van der Waals surface area contributed by atoms with Gasteiger partial charge in [-0.3, -0.25) is 9.08 Å². The van der Waals surface area contributed by atoms with E-state index >= 15 is 0 Å². The minimum Gasteiger partial charge on any atom is -0.444 e. The van der Waals surface area contributed by atoms with Crippen LogP contribution >= 0.6 is 9.47 Å². The van der Waals surface area contributed by atoms with Gasteiger partial charge in [0.25, 0.3) is 10.1 Å². The average molecular weight is 567 g/mol. The second kappa shape index (κ2) is 9.98. The summed E-state index contributed by atoms with van der Waals surface area (Å²) in [6, 6.07) is 0. The number of carbonyl (C=O) groups is 1. The van der Waals surface area contributed by atoms with E-state index in [1.807, 2.05) is 27.7 Å². The quantitative estimate of drug-likeness (QED) is 0.268. The molecule has 1 heterocycles. The number of hydrogen-bond acceptors (Lipinski definition) is 6. The van der Waals surface area contributed by atoms with Crippen molar-refractivity contribution in [1.82, 2.24) is 4.90 Å². The van der Waals surface area contributed by atoms with Crippen LogP contribution in [0.5, 0.6) is 0 Å². The largest absolute Gasteiger partial charge is 0.444 e. The Balaban J connectivity index is 0.00000576. The summed E-state index contributed by atoms with van der Waals surface area (Å²) in [6.07, 6.45) is 3.15. The van der Waals surface area contributed by atoms with E-state index in [4.69, 9.17) is 13.4 Å². The van der Waals surface area contributed by atoms with Crippen LogP contribution < -0.4 is 0 Å². The molecular weight excluding hydrogens is 537 g/mol. The predicted octanol–water partition coefficient (Wildman–Crippen LogP) is 2.71. The second-order valence-electron chi connectivity index (χ2n) is 7.25. The van der Waals surface area contributed by atoms with E-state index < -0.39 is 21.3 Å². The topological polar surface area (TPSA) is 82.1 Å². The third-order valence-electron chi connectivity index (χ3n) is 4.16. The molecule has 148 valence electrons. The Hall–Kier alpha value is 0.258. The van der Waals surface area contributed by atoms with Crippen LogP contribution in [0.25, 0.3) is 0 Å². The van der Waals surface area contributed by atoms with Gasteiger partial charge in [0.15, 0.2) is 0 Å². The summed E-state index contributed by atoms with van der Waals surface area (Å²) >= 11 is 0. The fraction of sp³-hybridized carbons (Fsp3) is 0.933. The van der Waals surface area contributed by atoms with Crippen molar-refractivity contribution in [3.63, 3.8) is 0 Å². The molecule has 0 spiro atoms. The maximum Gasteiger partial charge on any atom is 0.410 e. The summed E-state index contributed by atoms with van der Waals surface area (Å²) in [4.78, 5) is 14.3. The normalized spacial score (nSPS) is 22.4. The van der Waals surface area contributed by atoms with Crippen LogP contribution in [0.3, 0.4) is 0 Å². The van der Waals surface area contributed by atoms with Crippen molar-refractivity contribution >= 4 is 25.7 Å². The Bertz CT molecular complexity index is 539. The van der Waals surface area contributed by atoms with Crippen molar-refractivity contribution in [2.24, 2.45) is 0 Å². The summed E-state index contributed by atoms with van der Waals surface area (Å²) in [5, 5.41) is 0. The van der Waals surface area contributed by atoms with Crippen molar-refractivity contribution in [2.45, 2.75) is 70.6 Å². The zero-order chi connectivity index (χ0) is 18.6. The Morgan fingerprint density at radius 3 is 2.44 bits per heavy atom. The minimum atomic E-state index is -3.46. The monoisotopic (exact) mass is 567 g/mol. The van der Waals surface area contributed by atoms with Crippen LogP contribution in [0.15, 0.2) is 0 Å². The molecule has 1 fully saturated rings. The van der Waals surface area contributed by atoms with Crippen LogP contribution in [-0.4, -0.2) is 56.1 Å². The third kappa shape index (κ3) is 7.80. The van der Waals surface area contributed by atoms with Gasteiger partial charge in [0, 0.05) is 37.1 Å². The van der Waals surface area contributed by atoms with E-state index in [2.05, 4.69) is 9.47 Å². The fourth-order valence-electron chi connectivity index (χ4n) is 3.09. The number of carbonyl (C=O) groups excluding carboxylic acids is 1. The molecule has 3 unspecified atom stereocenters. The molecular formula is C15H30NO6PSW. The van der Waals surface area contributed by atoms with Gasteiger partial charge < -0.3 is 9.26 Å². The maximum atomic E-state index is 12.6. The molecule has 0 bridgehead atoms. The number of amides is 1. The van der Waals surface area contributed by atoms with Crippen LogP contribution in [-0.2, 0) is 44.6 Å². The second-order valence-corrected chi connectivity index (χ2v) is 9.16. The predicted molar refractivity (Wildman–Crippen MR) is 95.2 cm³/mol. The van der Waals surface area contributed by atoms with Crippen LogP contribution in [0.4, 0.5) is 4.79 Å². The molecule has 0 saturated carbocycles. The van der Waals surface area contributed by atoms with Crippen molar-refractivity contribution < 1.29 is 47.7 Å². The van der Waals surface area contributed by atoms with Crippen molar-refractivity contribution in [3.05, 3.63) is 0 Å². The van der Waals surface area contributed by atoms with E-state index in [1.54, 1.807) is 4.90 Å². The Morgan fingerprint density at radius 1 is 1.36 bits per heavy atom. The fourth-order valence-corrected chi connectivity index (χ4v) is 3.77. The van der Waals surface area contributed by atoms with Gasteiger partial charge in [0.2, 0.25) is 0 Å². The zero-order valence-corrected chi connectivity index (χ0v) is 20.5.